The molecule has 2 nitrogen and oxygen atoms in total. The number of rotatable bonds is 0. The molecule has 3 fully saturated rings. The first-order valence-corrected chi connectivity index (χ1v) is 6.24. The standard InChI is InChI=1S/C12H22N2/c13-12(14)10-5-4-9(8-10)11(12)6-2-1-3-7-11/h9-10H,1-8,13-14H2. The minimum absolute atomic E-state index is 0.323. The predicted molar refractivity (Wildman–Crippen MR) is 57.5 cm³/mol. The molecule has 0 amide bonds. The van der Waals surface area contributed by atoms with Crippen LogP contribution in [0.2, 0.25) is 0 Å². The zero-order chi connectivity index (χ0) is 9.81. The van der Waals surface area contributed by atoms with E-state index in [2.05, 4.69) is 0 Å². The Balaban J connectivity index is 1.96. The highest BCUT2D eigenvalue weighted by atomic mass is 15.0. The monoisotopic (exact) mass is 194 g/mol. The van der Waals surface area contributed by atoms with E-state index >= 15 is 0 Å². The van der Waals surface area contributed by atoms with Crippen molar-refractivity contribution in [2.45, 2.75) is 57.0 Å². The Morgan fingerprint density at radius 1 is 0.857 bits per heavy atom. The molecule has 0 aliphatic heterocycles. The van der Waals surface area contributed by atoms with E-state index in [1.165, 1.54) is 51.4 Å². The lowest BCUT2D eigenvalue weighted by Gasteiger charge is -2.51. The van der Waals surface area contributed by atoms with Crippen LogP contribution in [0.1, 0.15) is 51.4 Å². The molecule has 3 aliphatic carbocycles. The molecule has 0 saturated heterocycles. The van der Waals surface area contributed by atoms with Gasteiger partial charge in [-0.3, -0.25) is 0 Å². The molecule has 14 heavy (non-hydrogen) atoms. The lowest BCUT2D eigenvalue weighted by molar-refractivity contribution is 0.0128. The third-order valence-electron chi connectivity index (χ3n) is 5.50. The molecule has 2 unspecified atom stereocenters. The van der Waals surface area contributed by atoms with Crippen LogP contribution in [0.15, 0.2) is 0 Å². The zero-order valence-electron chi connectivity index (χ0n) is 8.97. The topological polar surface area (TPSA) is 52.0 Å². The van der Waals surface area contributed by atoms with Crippen LogP contribution in [-0.4, -0.2) is 5.66 Å². The van der Waals surface area contributed by atoms with Gasteiger partial charge in [-0.2, -0.15) is 0 Å². The lowest BCUT2D eigenvalue weighted by Crippen LogP contribution is -2.66. The summed E-state index contributed by atoms with van der Waals surface area (Å²) in [6, 6.07) is 0. The van der Waals surface area contributed by atoms with Crippen LogP contribution in [0.3, 0.4) is 0 Å². The molecule has 1 spiro atoms. The van der Waals surface area contributed by atoms with Crippen molar-refractivity contribution in [3.8, 4) is 0 Å². The van der Waals surface area contributed by atoms with Crippen molar-refractivity contribution in [3.63, 3.8) is 0 Å². The minimum atomic E-state index is -0.323. The molecule has 80 valence electrons. The Bertz CT molecular complexity index is 241. The summed E-state index contributed by atoms with van der Waals surface area (Å²) < 4.78 is 0. The summed E-state index contributed by atoms with van der Waals surface area (Å²) in [4.78, 5) is 0. The normalized spacial score (nSPS) is 43.3. The minimum Gasteiger partial charge on any atom is -0.313 e. The van der Waals surface area contributed by atoms with Gasteiger partial charge < -0.3 is 11.5 Å². The lowest BCUT2D eigenvalue weighted by atomic mass is 9.59. The molecule has 0 aromatic rings. The Labute approximate surface area is 86.4 Å². The highest BCUT2D eigenvalue weighted by molar-refractivity contribution is 5.15. The van der Waals surface area contributed by atoms with Gasteiger partial charge in [-0.05, 0) is 43.9 Å². The fraction of sp³-hybridized carbons (Fsp3) is 1.00. The van der Waals surface area contributed by atoms with Gasteiger partial charge in [0.2, 0.25) is 0 Å². The number of fused-ring (bicyclic) bond motifs is 3. The second-order valence-electron chi connectivity index (χ2n) is 5.86. The van der Waals surface area contributed by atoms with E-state index < -0.39 is 0 Å². The van der Waals surface area contributed by atoms with Crippen LogP contribution in [0.4, 0.5) is 0 Å². The summed E-state index contributed by atoms with van der Waals surface area (Å²) in [6.07, 6.45) is 10.8. The molecule has 2 atom stereocenters. The van der Waals surface area contributed by atoms with Crippen molar-refractivity contribution in [1.82, 2.24) is 0 Å². The molecule has 0 aromatic carbocycles. The van der Waals surface area contributed by atoms with Crippen molar-refractivity contribution < 1.29 is 0 Å². The van der Waals surface area contributed by atoms with Gasteiger partial charge in [0.25, 0.3) is 0 Å². The van der Waals surface area contributed by atoms with Crippen LogP contribution in [0.25, 0.3) is 0 Å². The number of hydrogen-bond acceptors (Lipinski definition) is 2. The molecular formula is C12H22N2. The molecule has 0 aromatic heterocycles. The predicted octanol–water partition coefficient (Wildman–Crippen LogP) is 1.98. The highest BCUT2D eigenvalue weighted by Crippen LogP contribution is 2.63. The van der Waals surface area contributed by atoms with E-state index in [-0.39, 0.29) is 5.66 Å². The fourth-order valence-electron chi connectivity index (χ4n) is 4.70. The van der Waals surface area contributed by atoms with Crippen molar-refractivity contribution >= 4 is 0 Å². The third kappa shape index (κ3) is 0.892. The van der Waals surface area contributed by atoms with Crippen LogP contribution in [0, 0.1) is 17.3 Å². The molecule has 3 rings (SSSR count). The van der Waals surface area contributed by atoms with Gasteiger partial charge in [-0.25, -0.2) is 0 Å². The average Bonchev–Trinajstić information content (AvgIpc) is 2.72. The second kappa shape index (κ2) is 2.73. The Morgan fingerprint density at radius 2 is 1.50 bits per heavy atom. The van der Waals surface area contributed by atoms with E-state index in [1.807, 2.05) is 0 Å². The van der Waals surface area contributed by atoms with Crippen molar-refractivity contribution in [2.75, 3.05) is 0 Å². The molecule has 3 aliphatic rings. The summed E-state index contributed by atoms with van der Waals surface area (Å²) in [5.41, 5.74) is 12.9. The van der Waals surface area contributed by atoms with Gasteiger partial charge >= 0.3 is 0 Å². The molecule has 2 bridgehead atoms. The van der Waals surface area contributed by atoms with Gasteiger partial charge in [-0.1, -0.05) is 19.3 Å². The number of nitrogens with two attached hydrogens (primary N) is 2. The van der Waals surface area contributed by atoms with E-state index in [0.717, 1.165) is 5.92 Å². The van der Waals surface area contributed by atoms with E-state index in [4.69, 9.17) is 11.5 Å². The zero-order valence-corrected chi connectivity index (χ0v) is 8.97. The number of hydrogen-bond donors (Lipinski definition) is 2. The molecular weight excluding hydrogens is 172 g/mol. The van der Waals surface area contributed by atoms with Crippen molar-refractivity contribution in [1.29, 1.82) is 0 Å². The largest absolute Gasteiger partial charge is 0.313 e. The SMILES string of the molecule is NC1(N)C2CCC(C2)C12CCCCC2. The molecule has 0 heterocycles. The van der Waals surface area contributed by atoms with E-state index in [9.17, 15) is 0 Å². The quantitative estimate of drug-likeness (QED) is 0.579. The van der Waals surface area contributed by atoms with Gasteiger partial charge in [0.05, 0.1) is 5.66 Å². The fourth-order valence-corrected chi connectivity index (χ4v) is 4.70. The first-order chi connectivity index (χ1) is 6.67. The van der Waals surface area contributed by atoms with Gasteiger partial charge in [0.15, 0.2) is 0 Å². The molecule has 4 N–H and O–H groups in total. The van der Waals surface area contributed by atoms with E-state index in [1.54, 1.807) is 0 Å². The Kier molecular flexibility index (Phi) is 1.79. The maximum Gasteiger partial charge on any atom is 0.0726 e. The van der Waals surface area contributed by atoms with Gasteiger partial charge in [-0.15, -0.1) is 0 Å². The van der Waals surface area contributed by atoms with Crippen LogP contribution >= 0.6 is 0 Å². The average molecular weight is 194 g/mol. The Hall–Kier alpha value is -0.0800. The van der Waals surface area contributed by atoms with Crippen molar-refractivity contribution in [2.24, 2.45) is 28.7 Å². The van der Waals surface area contributed by atoms with E-state index in [0.29, 0.717) is 11.3 Å². The smallest absolute Gasteiger partial charge is 0.0726 e. The van der Waals surface area contributed by atoms with Crippen LogP contribution in [-0.2, 0) is 0 Å². The molecule has 3 saturated carbocycles. The summed E-state index contributed by atoms with van der Waals surface area (Å²) in [6.45, 7) is 0. The van der Waals surface area contributed by atoms with Gasteiger partial charge in [0.1, 0.15) is 0 Å². The highest BCUT2D eigenvalue weighted by Gasteiger charge is 2.63. The second-order valence-corrected chi connectivity index (χ2v) is 5.86. The maximum absolute atomic E-state index is 6.45. The molecule has 2 heteroatoms. The van der Waals surface area contributed by atoms with Crippen LogP contribution < -0.4 is 11.5 Å². The van der Waals surface area contributed by atoms with Gasteiger partial charge in [0, 0.05) is 5.41 Å². The van der Waals surface area contributed by atoms with Crippen molar-refractivity contribution in [3.05, 3.63) is 0 Å². The summed E-state index contributed by atoms with van der Waals surface area (Å²) in [5.74, 6) is 1.49. The Morgan fingerprint density at radius 3 is 2.07 bits per heavy atom. The summed E-state index contributed by atoms with van der Waals surface area (Å²) >= 11 is 0. The summed E-state index contributed by atoms with van der Waals surface area (Å²) in [7, 11) is 0. The first-order valence-electron chi connectivity index (χ1n) is 6.24. The van der Waals surface area contributed by atoms with Crippen LogP contribution in [0.5, 0.6) is 0 Å². The first kappa shape index (κ1) is 9.17. The summed E-state index contributed by atoms with van der Waals surface area (Å²) in [5, 5.41) is 0. The third-order valence-corrected chi connectivity index (χ3v) is 5.50. The maximum atomic E-state index is 6.45. The molecule has 0 radical (unpaired) electrons.